The second kappa shape index (κ2) is 6.21. The van der Waals surface area contributed by atoms with Crippen LogP contribution in [-0.4, -0.2) is 62.8 Å². The topological polar surface area (TPSA) is 150 Å². The summed E-state index contributed by atoms with van der Waals surface area (Å²) in [7, 11) is 0. The molecule has 6 N–H and O–H groups in total. The summed E-state index contributed by atoms with van der Waals surface area (Å²) in [6.07, 6.45) is -5.56. The van der Waals surface area contributed by atoms with Gasteiger partial charge in [-0.3, -0.25) is 9.59 Å². The van der Waals surface area contributed by atoms with Crippen molar-refractivity contribution in [1.82, 2.24) is 0 Å². The van der Waals surface area contributed by atoms with Gasteiger partial charge >= 0.3 is 5.97 Å². The van der Waals surface area contributed by atoms with E-state index in [1.54, 1.807) is 0 Å². The summed E-state index contributed by atoms with van der Waals surface area (Å²) in [4.78, 5) is 21.9. The fraction of sp³-hybridized carbons (Fsp3) is 0.800. The van der Waals surface area contributed by atoms with Gasteiger partial charge in [0.1, 0.15) is 24.0 Å². The summed E-state index contributed by atoms with van der Waals surface area (Å²) >= 11 is 0. The van der Waals surface area contributed by atoms with E-state index in [9.17, 15) is 19.8 Å². The lowest BCUT2D eigenvalue weighted by molar-refractivity contribution is -0.139. The van der Waals surface area contributed by atoms with Gasteiger partial charge in [-0.2, -0.15) is 0 Å². The van der Waals surface area contributed by atoms with Crippen molar-refractivity contribution < 1.29 is 34.8 Å². The van der Waals surface area contributed by atoms with Crippen LogP contribution in [0.3, 0.4) is 0 Å². The normalized spacial score (nSPS) is 33.3. The maximum absolute atomic E-state index is 11.5. The van der Waals surface area contributed by atoms with E-state index in [0.717, 1.165) is 0 Å². The number of carboxylic acid groups (broad SMARTS) is 1. The van der Waals surface area contributed by atoms with Crippen molar-refractivity contribution in [2.24, 2.45) is 5.73 Å². The number of Topliss-reactive ketones (excluding diaryl/α,β-unsaturated/α-hetero) is 1. The number of carboxylic acids is 1. The first-order valence-corrected chi connectivity index (χ1v) is 5.52. The Morgan fingerprint density at radius 1 is 1.22 bits per heavy atom. The first-order chi connectivity index (χ1) is 8.32. The van der Waals surface area contributed by atoms with Crippen molar-refractivity contribution >= 4 is 11.8 Å². The van der Waals surface area contributed by atoms with E-state index < -0.39 is 36.6 Å². The molecule has 0 spiro atoms. The van der Waals surface area contributed by atoms with E-state index >= 15 is 0 Å². The summed E-state index contributed by atoms with van der Waals surface area (Å²) in [6, 6.07) is -1.11. The first kappa shape index (κ1) is 15.0. The predicted octanol–water partition coefficient (Wildman–Crippen LogP) is -2.42. The van der Waals surface area contributed by atoms with Crippen LogP contribution in [0.5, 0.6) is 0 Å². The summed E-state index contributed by atoms with van der Waals surface area (Å²) in [5, 5.41) is 36.3. The molecule has 0 aromatic carbocycles. The molecule has 0 aliphatic carbocycles. The average molecular weight is 263 g/mol. The predicted molar refractivity (Wildman–Crippen MR) is 57.4 cm³/mol. The van der Waals surface area contributed by atoms with E-state index in [4.69, 9.17) is 20.7 Å². The number of hydrogen-bond acceptors (Lipinski definition) is 7. The van der Waals surface area contributed by atoms with Crippen molar-refractivity contribution in [1.29, 1.82) is 0 Å². The fourth-order valence-corrected chi connectivity index (χ4v) is 1.66. The lowest BCUT2D eigenvalue weighted by atomic mass is 10.0. The highest BCUT2D eigenvalue weighted by atomic mass is 16.6. The van der Waals surface area contributed by atoms with Crippen LogP contribution < -0.4 is 5.73 Å². The van der Waals surface area contributed by atoms with Crippen LogP contribution in [0.1, 0.15) is 19.3 Å². The van der Waals surface area contributed by atoms with E-state index in [2.05, 4.69) is 0 Å². The smallest absolute Gasteiger partial charge is 0.320 e. The van der Waals surface area contributed by atoms with Crippen LogP contribution >= 0.6 is 0 Å². The molecule has 0 aromatic heterocycles. The molecule has 1 aliphatic rings. The van der Waals surface area contributed by atoms with Gasteiger partial charge in [0.05, 0.1) is 6.10 Å². The van der Waals surface area contributed by atoms with Crippen molar-refractivity contribution in [3.8, 4) is 0 Å². The Bertz CT molecular complexity index is 321. The van der Waals surface area contributed by atoms with Gasteiger partial charge in [0, 0.05) is 12.8 Å². The van der Waals surface area contributed by atoms with Gasteiger partial charge in [-0.15, -0.1) is 0 Å². The zero-order chi connectivity index (χ0) is 13.9. The molecule has 0 bridgehead atoms. The van der Waals surface area contributed by atoms with E-state index in [1.807, 2.05) is 0 Å². The molecule has 0 amide bonds. The van der Waals surface area contributed by atoms with Gasteiger partial charge in [0.25, 0.3) is 0 Å². The van der Waals surface area contributed by atoms with Gasteiger partial charge in [-0.05, 0) is 6.42 Å². The third kappa shape index (κ3) is 3.72. The molecule has 8 nitrogen and oxygen atoms in total. The van der Waals surface area contributed by atoms with Crippen LogP contribution in [0.25, 0.3) is 0 Å². The van der Waals surface area contributed by atoms with Crippen LogP contribution in [0.4, 0.5) is 0 Å². The van der Waals surface area contributed by atoms with Gasteiger partial charge in [0.15, 0.2) is 6.29 Å². The van der Waals surface area contributed by atoms with Crippen molar-refractivity contribution in [2.45, 2.75) is 49.9 Å². The zero-order valence-corrected chi connectivity index (χ0v) is 9.60. The summed E-state index contributed by atoms with van der Waals surface area (Å²) in [5.74, 6) is -1.54. The number of aliphatic carboxylic acids is 1. The van der Waals surface area contributed by atoms with Crippen molar-refractivity contribution in [3.05, 3.63) is 0 Å². The summed E-state index contributed by atoms with van der Waals surface area (Å²) in [6.45, 7) is 0. The number of hydrogen-bond donors (Lipinski definition) is 5. The molecule has 1 aliphatic heterocycles. The van der Waals surface area contributed by atoms with Crippen molar-refractivity contribution in [2.75, 3.05) is 0 Å². The quantitative estimate of drug-likeness (QED) is 0.355. The number of aliphatic hydroxyl groups excluding tert-OH is 3. The minimum Gasteiger partial charge on any atom is -0.480 e. The molecule has 8 heteroatoms. The van der Waals surface area contributed by atoms with Gasteiger partial charge < -0.3 is 30.9 Å². The molecular formula is C10H17NO7. The Labute approximate surface area is 103 Å². The largest absolute Gasteiger partial charge is 0.480 e. The maximum atomic E-state index is 11.5. The first-order valence-electron chi connectivity index (χ1n) is 5.52. The Morgan fingerprint density at radius 2 is 1.83 bits per heavy atom. The van der Waals surface area contributed by atoms with E-state index in [1.165, 1.54) is 0 Å². The number of ether oxygens (including phenoxy) is 1. The highest BCUT2D eigenvalue weighted by Crippen LogP contribution is 2.22. The highest BCUT2D eigenvalue weighted by molar-refractivity contribution is 5.80. The number of carbonyl (C=O) groups is 2. The molecule has 1 rings (SSSR count). The Morgan fingerprint density at radius 3 is 2.28 bits per heavy atom. The van der Waals surface area contributed by atoms with Crippen molar-refractivity contribution in [3.63, 3.8) is 0 Å². The van der Waals surface area contributed by atoms with Crippen LogP contribution in [0.2, 0.25) is 0 Å². The van der Waals surface area contributed by atoms with Gasteiger partial charge in [-0.1, -0.05) is 0 Å². The lowest BCUT2D eigenvalue weighted by Gasteiger charge is -2.13. The SMILES string of the molecule is N[C@@H](CCC(=O)C[C@H]1O[C@@H](O)[C@H](O)[C@@H]1O)C(=O)O. The average Bonchev–Trinajstić information content (AvgIpc) is 2.54. The molecule has 0 radical (unpaired) electrons. The number of nitrogens with two attached hydrogens (primary N) is 1. The molecule has 104 valence electrons. The standard InChI is InChI=1S/C10H17NO7/c11-5(9(15)16)2-1-4(12)3-6-7(13)8(14)10(17)18-6/h5-8,10,13-14,17H,1-3,11H2,(H,15,16)/t5-,6+,7+,8+,10+/m0/s1. The molecule has 0 saturated carbocycles. The minimum absolute atomic E-state index is 0.0118. The number of ketones is 1. The molecule has 0 aromatic rings. The van der Waals surface area contributed by atoms with E-state index in [-0.39, 0.29) is 25.0 Å². The van der Waals surface area contributed by atoms with Crippen LogP contribution in [-0.2, 0) is 14.3 Å². The molecule has 1 saturated heterocycles. The molecule has 0 unspecified atom stereocenters. The molecule has 1 heterocycles. The second-order valence-corrected chi connectivity index (χ2v) is 4.27. The molecule has 18 heavy (non-hydrogen) atoms. The Kier molecular flexibility index (Phi) is 5.17. The highest BCUT2D eigenvalue weighted by Gasteiger charge is 2.42. The molecular weight excluding hydrogens is 246 g/mol. The van der Waals surface area contributed by atoms with Crippen LogP contribution in [0, 0.1) is 0 Å². The second-order valence-electron chi connectivity index (χ2n) is 4.27. The third-order valence-corrected chi connectivity index (χ3v) is 2.82. The number of aliphatic hydroxyl groups is 3. The van der Waals surface area contributed by atoms with Crippen LogP contribution in [0.15, 0.2) is 0 Å². The number of rotatable bonds is 6. The maximum Gasteiger partial charge on any atom is 0.320 e. The molecule has 5 atom stereocenters. The Balaban J connectivity index is 2.35. The Hall–Kier alpha value is -1.06. The summed E-state index contributed by atoms with van der Waals surface area (Å²) in [5.41, 5.74) is 5.23. The zero-order valence-electron chi connectivity index (χ0n) is 9.60. The van der Waals surface area contributed by atoms with Gasteiger partial charge in [-0.25, -0.2) is 0 Å². The van der Waals surface area contributed by atoms with Gasteiger partial charge in [0.2, 0.25) is 0 Å². The molecule has 1 fully saturated rings. The fourth-order valence-electron chi connectivity index (χ4n) is 1.66. The summed E-state index contributed by atoms with van der Waals surface area (Å²) < 4.78 is 4.80. The van der Waals surface area contributed by atoms with E-state index in [0.29, 0.717) is 0 Å². The monoisotopic (exact) mass is 263 g/mol. The number of carbonyl (C=O) groups excluding carboxylic acids is 1. The third-order valence-electron chi connectivity index (χ3n) is 2.82. The minimum atomic E-state index is -1.51. The lowest BCUT2D eigenvalue weighted by Crippen LogP contribution is -2.34.